The van der Waals surface area contributed by atoms with E-state index >= 15 is 0 Å². The Morgan fingerprint density at radius 2 is 1.32 bits per heavy atom. The van der Waals surface area contributed by atoms with Gasteiger partial charge in [-0.05, 0) is 117 Å². The molecule has 6 rings (SSSR count). The summed E-state index contributed by atoms with van der Waals surface area (Å²) in [4.78, 5) is 0. The Labute approximate surface area is 331 Å². The number of aliphatic hydroxyl groups is 10. The Morgan fingerprint density at radius 1 is 0.750 bits per heavy atom. The minimum atomic E-state index is -1.61. The Kier molecular flexibility index (Phi) is 12.7. The van der Waals surface area contributed by atoms with Gasteiger partial charge in [-0.3, -0.25) is 0 Å². The maximum Gasteiger partial charge on any atom is 0.187 e. The van der Waals surface area contributed by atoms with Gasteiger partial charge in [0.25, 0.3) is 0 Å². The first kappa shape index (κ1) is 44.7. The average Bonchev–Trinajstić information content (AvgIpc) is 3.52. The standard InChI is InChI=1S/C42H72O14/c1-20(2)10-9-13-42(8,56-37-34(52)32(50)30(48)25(19-44)55-37)21-11-15-40(6)28(21)22(45)16-26-39(5)14-12-27(46)38(3,4)35(39)23(17-41(26,40)7)53-36-33(51)31(49)29(47)24(18-43)54-36/h10,21-37,43-52H,9,11-19H2,1-8H3/t21?,22-,23+,24-,25?,26?,27+,28?,29-,30-,31+,32+,33-,34-,35?,36?,37+,39-,40-,41-,42?/m1/s1. The van der Waals surface area contributed by atoms with Crippen molar-refractivity contribution in [3.63, 3.8) is 0 Å². The van der Waals surface area contributed by atoms with E-state index in [0.717, 1.165) is 12.0 Å². The van der Waals surface area contributed by atoms with Crippen molar-refractivity contribution in [1.29, 1.82) is 0 Å². The molecule has 14 heteroatoms. The molecule has 7 unspecified atom stereocenters. The number of hydrogen-bond donors (Lipinski definition) is 10. The number of aliphatic hydroxyl groups excluding tert-OH is 10. The zero-order valence-electron chi connectivity index (χ0n) is 34.6. The van der Waals surface area contributed by atoms with E-state index in [0.29, 0.717) is 44.9 Å². The van der Waals surface area contributed by atoms with Crippen molar-refractivity contribution in [3.05, 3.63) is 11.6 Å². The number of hydrogen-bond acceptors (Lipinski definition) is 14. The zero-order valence-corrected chi connectivity index (χ0v) is 34.6. The molecule has 0 spiro atoms. The normalized spacial score (nSPS) is 52.6. The summed E-state index contributed by atoms with van der Waals surface area (Å²) in [6.07, 6.45) is -9.52. The van der Waals surface area contributed by atoms with Gasteiger partial charge in [-0.25, -0.2) is 0 Å². The SMILES string of the molecule is CC(C)=CCCC(C)(O[C@@H]1OC(CO)[C@@H](O)[C@H](O)[C@H]1O)C1CC[C@]2(C)C1[C@H](O)CC1[C@@]3(C)CC[C@H](O)C(C)(C)C3[C@@H](OC3O[C@H](CO)[C@@H](O)[C@H](O)[C@H]3O)C[C@]12C. The number of allylic oxidation sites excluding steroid dienone is 2. The van der Waals surface area contributed by atoms with Gasteiger partial charge in [-0.2, -0.15) is 0 Å². The molecule has 4 saturated carbocycles. The van der Waals surface area contributed by atoms with Gasteiger partial charge in [-0.1, -0.05) is 46.3 Å². The van der Waals surface area contributed by atoms with E-state index in [4.69, 9.17) is 18.9 Å². The lowest BCUT2D eigenvalue weighted by Crippen LogP contribution is -2.71. The third-order valence-electron chi connectivity index (χ3n) is 16.6. The van der Waals surface area contributed by atoms with Gasteiger partial charge in [0, 0.05) is 0 Å². The van der Waals surface area contributed by atoms with Crippen molar-refractivity contribution in [2.45, 2.75) is 192 Å². The highest BCUT2D eigenvalue weighted by Gasteiger charge is 2.74. The van der Waals surface area contributed by atoms with Gasteiger partial charge in [-0.15, -0.1) is 0 Å². The van der Waals surface area contributed by atoms with Crippen molar-refractivity contribution in [1.82, 2.24) is 0 Å². The Bertz CT molecular complexity index is 1400. The fourth-order valence-corrected chi connectivity index (χ4v) is 13.5. The van der Waals surface area contributed by atoms with E-state index in [2.05, 4.69) is 26.8 Å². The second-order valence-corrected chi connectivity index (χ2v) is 20.2. The molecule has 14 nitrogen and oxygen atoms in total. The van der Waals surface area contributed by atoms with E-state index in [9.17, 15) is 51.1 Å². The lowest BCUT2D eigenvalue weighted by atomic mass is 9.34. The number of ether oxygens (including phenoxy) is 4. The first-order valence-corrected chi connectivity index (χ1v) is 21.0. The maximum atomic E-state index is 12.6. The summed E-state index contributed by atoms with van der Waals surface area (Å²) in [6.45, 7) is 15.7. The molecule has 4 aliphatic carbocycles. The van der Waals surface area contributed by atoms with Crippen LogP contribution in [-0.4, -0.2) is 150 Å². The topological polar surface area (TPSA) is 239 Å². The van der Waals surface area contributed by atoms with Crippen LogP contribution in [-0.2, 0) is 18.9 Å². The predicted molar refractivity (Wildman–Crippen MR) is 202 cm³/mol. The van der Waals surface area contributed by atoms with Crippen LogP contribution in [0.5, 0.6) is 0 Å². The summed E-state index contributed by atoms with van der Waals surface area (Å²) in [5.41, 5.74) is -1.92. The van der Waals surface area contributed by atoms with Gasteiger partial charge in [0.2, 0.25) is 0 Å². The van der Waals surface area contributed by atoms with Gasteiger partial charge < -0.3 is 70.0 Å². The molecule has 2 saturated heterocycles. The minimum Gasteiger partial charge on any atom is -0.394 e. The Hall–Kier alpha value is -0.820. The first-order valence-electron chi connectivity index (χ1n) is 21.0. The summed E-state index contributed by atoms with van der Waals surface area (Å²) in [7, 11) is 0. The summed E-state index contributed by atoms with van der Waals surface area (Å²) >= 11 is 0. The van der Waals surface area contributed by atoms with Crippen LogP contribution in [0.15, 0.2) is 11.6 Å². The second-order valence-electron chi connectivity index (χ2n) is 20.2. The molecule has 0 aromatic heterocycles. The Morgan fingerprint density at radius 3 is 1.89 bits per heavy atom. The fraction of sp³-hybridized carbons (Fsp3) is 0.952. The first-order chi connectivity index (χ1) is 26.0. The van der Waals surface area contributed by atoms with E-state index < -0.39 is 120 Å². The number of rotatable bonds is 10. The molecule has 0 aromatic rings. The van der Waals surface area contributed by atoms with Gasteiger partial charge >= 0.3 is 0 Å². The average molecular weight is 801 g/mol. The molecule has 2 heterocycles. The van der Waals surface area contributed by atoms with Gasteiger partial charge in [0.1, 0.15) is 48.8 Å². The predicted octanol–water partition coefficient (Wildman–Crippen LogP) is 1.12. The summed E-state index contributed by atoms with van der Waals surface area (Å²) in [5, 5.41) is 109. The molecule has 10 N–H and O–H groups in total. The third-order valence-corrected chi connectivity index (χ3v) is 16.6. The maximum absolute atomic E-state index is 12.6. The van der Waals surface area contributed by atoms with Crippen LogP contribution in [0.3, 0.4) is 0 Å². The van der Waals surface area contributed by atoms with E-state index in [-0.39, 0.29) is 23.7 Å². The monoisotopic (exact) mass is 800 g/mol. The van der Waals surface area contributed by atoms with Crippen LogP contribution in [0.2, 0.25) is 0 Å². The molecule has 0 bridgehead atoms. The van der Waals surface area contributed by atoms with E-state index in [1.165, 1.54) is 0 Å². The molecule has 6 fully saturated rings. The van der Waals surface area contributed by atoms with Crippen LogP contribution >= 0.6 is 0 Å². The van der Waals surface area contributed by atoms with Crippen LogP contribution < -0.4 is 0 Å². The van der Waals surface area contributed by atoms with Crippen molar-refractivity contribution >= 4 is 0 Å². The van der Waals surface area contributed by atoms with Crippen molar-refractivity contribution in [2.75, 3.05) is 13.2 Å². The molecule has 6 aliphatic rings. The van der Waals surface area contributed by atoms with Crippen LogP contribution in [0.4, 0.5) is 0 Å². The Balaban J connectivity index is 1.39. The lowest BCUT2D eigenvalue weighted by Gasteiger charge is -2.72. The second kappa shape index (κ2) is 15.9. The molecular formula is C42H72O14. The molecule has 0 aromatic carbocycles. The van der Waals surface area contributed by atoms with E-state index in [1.54, 1.807) is 0 Å². The van der Waals surface area contributed by atoms with Crippen LogP contribution in [0.25, 0.3) is 0 Å². The van der Waals surface area contributed by atoms with E-state index in [1.807, 2.05) is 34.6 Å². The molecule has 0 radical (unpaired) electrons. The highest BCUT2D eigenvalue weighted by Crippen LogP contribution is 2.76. The van der Waals surface area contributed by atoms with Crippen molar-refractivity contribution in [3.8, 4) is 0 Å². The summed E-state index contributed by atoms with van der Waals surface area (Å²) in [5.74, 6) is -0.781. The smallest absolute Gasteiger partial charge is 0.187 e. The molecule has 324 valence electrons. The van der Waals surface area contributed by atoms with Gasteiger partial charge in [0.05, 0.1) is 37.1 Å². The summed E-state index contributed by atoms with van der Waals surface area (Å²) < 4.78 is 25.4. The molecular weight excluding hydrogens is 728 g/mol. The molecule has 2 aliphatic heterocycles. The highest BCUT2D eigenvalue weighted by molar-refractivity contribution is 5.22. The molecule has 56 heavy (non-hydrogen) atoms. The van der Waals surface area contributed by atoms with Crippen molar-refractivity contribution < 1.29 is 70.0 Å². The van der Waals surface area contributed by atoms with Gasteiger partial charge in [0.15, 0.2) is 12.6 Å². The molecule has 21 atom stereocenters. The van der Waals surface area contributed by atoms with Crippen LogP contribution in [0, 0.1) is 45.3 Å². The third kappa shape index (κ3) is 7.06. The fourth-order valence-electron chi connectivity index (χ4n) is 13.5. The quantitative estimate of drug-likeness (QED) is 0.110. The lowest BCUT2D eigenvalue weighted by molar-refractivity contribution is -0.349. The summed E-state index contributed by atoms with van der Waals surface area (Å²) in [6, 6.07) is 0. The largest absolute Gasteiger partial charge is 0.394 e. The van der Waals surface area contributed by atoms with Crippen molar-refractivity contribution in [2.24, 2.45) is 45.3 Å². The highest BCUT2D eigenvalue weighted by atomic mass is 16.7. The zero-order chi connectivity index (χ0) is 41.5. The number of fused-ring (bicyclic) bond motifs is 5. The minimum absolute atomic E-state index is 0.000258. The van der Waals surface area contributed by atoms with Crippen LogP contribution in [0.1, 0.15) is 107 Å². The molecule has 0 amide bonds.